The van der Waals surface area contributed by atoms with Crippen LogP contribution in [0.15, 0.2) is 68.7 Å². The van der Waals surface area contributed by atoms with E-state index >= 15 is 0 Å². The van der Waals surface area contributed by atoms with E-state index in [1.54, 1.807) is 19.4 Å². The van der Waals surface area contributed by atoms with E-state index in [9.17, 15) is 4.79 Å². The first-order chi connectivity index (χ1) is 14.4. The van der Waals surface area contributed by atoms with Crippen molar-refractivity contribution in [2.45, 2.75) is 6.92 Å². The fourth-order valence-electron chi connectivity index (χ4n) is 3.10. The Kier molecular flexibility index (Phi) is 5.96. The highest BCUT2D eigenvalue weighted by Crippen LogP contribution is 2.28. The average molecular weight is 578 g/mol. The number of nitrogens with one attached hydrogen (secondary N) is 1. The maximum absolute atomic E-state index is 12.4. The number of nitrogens with zero attached hydrogens (tertiary/aromatic N) is 2. The van der Waals surface area contributed by atoms with Gasteiger partial charge in [0.2, 0.25) is 0 Å². The number of ether oxygens (including phenoxy) is 1. The van der Waals surface area contributed by atoms with Crippen molar-refractivity contribution < 1.29 is 13.9 Å². The van der Waals surface area contributed by atoms with Gasteiger partial charge in [-0.25, -0.2) is 5.43 Å². The molecule has 1 amide bonds. The van der Waals surface area contributed by atoms with Crippen molar-refractivity contribution in [3.05, 3.63) is 79.8 Å². The van der Waals surface area contributed by atoms with Gasteiger partial charge < -0.3 is 13.7 Å². The summed E-state index contributed by atoms with van der Waals surface area (Å²) in [7, 11) is 1.64. The molecule has 0 aliphatic rings. The van der Waals surface area contributed by atoms with Crippen LogP contribution in [0.3, 0.4) is 0 Å². The number of halogens is 2. The standard InChI is InChI=1S/C22H17BrIN3O3/c1-13-7-14(12-27(13)17-3-5-18(29-2)6-4-17)11-25-26-22(28)20-9-15-8-16(23)10-19(24)21(15)30-20/h3-12H,1-2H3,(H,26,28)/b25-11-. The molecule has 0 aliphatic heterocycles. The van der Waals surface area contributed by atoms with Crippen molar-refractivity contribution in [1.82, 2.24) is 9.99 Å². The Labute approximate surface area is 195 Å². The van der Waals surface area contributed by atoms with Crippen LogP contribution in [-0.2, 0) is 0 Å². The monoisotopic (exact) mass is 577 g/mol. The topological polar surface area (TPSA) is 68.8 Å². The minimum Gasteiger partial charge on any atom is -0.497 e. The second-order valence-corrected chi connectivity index (χ2v) is 8.68. The summed E-state index contributed by atoms with van der Waals surface area (Å²) in [6.45, 7) is 2.01. The number of aryl methyl sites for hydroxylation is 1. The average Bonchev–Trinajstić information content (AvgIpc) is 3.32. The summed E-state index contributed by atoms with van der Waals surface area (Å²) in [4.78, 5) is 12.4. The van der Waals surface area contributed by atoms with Crippen LogP contribution in [0.25, 0.3) is 16.7 Å². The number of carbonyl (C=O) groups is 1. The number of aromatic nitrogens is 1. The predicted octanol–water partition coefficient (Wildman–Crippen LogP) is 5.67. The molecule has 0 spiro atoms. The van der Waals surface area contributed by atoms with Gasteiger partial charge >= 0.3 is 5.91 Å². The van der Waals surface area contributed by atoms with Crippen LogP contribution in [0, 0.1) is 10.5 Å². The van der Waals surface area contributed by atoms with E-state index in [1.807, 2.05) is 60.2 Å². The number of hydrogen-bond donors (Lipinski definition) is 1. The fraction of sp³-hybridized carbons (Fsp3) is 0.0909. The van der Waals surface area contributed by atoms with E-state index in [1.165, 1.54) is 0 Å². The van der Waals surface area contributed by atoms with Crippen LogP contribution in [0.2, 0.25) is 0 Å². The van der Waals surface area contributed by atoms with Crippen LogP contribution >= 0.6 is 38.5 Å². The Bertz CT molecular complexity index is 1260. The number of furan rings is 1. The zero-order valence-electron chi connectivity index (χ0n) is 16.1. The van der Waals surface area contributed by atoms with Gasteiger partial charge in [-0.05, 0) is 78.0 Å². The van der Waals surface area contributed by atoms with Gasteiger partial charge in [-0.3, -0.25) is 4.79 Å². The van der Waals surface area contributed by atoms with E-state index in [2.05, 4.69) is 49.0 Å². The summed E-state index contributed by atoms with van der Waals surface area (Å²) in [5, 5.41) is 4.93. The molecule has 0 atom stereocenters. The molecule has 0 saturated carbocycles. The Balaban J connectivity index is 1.48. The molecule has 30 heavy (non-hydrogen) atoms. The smallest absolute Gasteiger partial charge is 0.307 e. The first-order valence-corrected chi connectivity index (χ1v) is 10.9. The van der Waals surface area contributed by atoms with Gasteiger partial charge in [0.15, 0.2) is 5.76 Å². The Hall–Kier alpha value is -2.59. The Morgan fingerprint density at radius 1 is 1.23 bits per heavy atom. The summed E-state index contributed by atoms with van der Waals surface area (Å²) in [6.07, 6.45) is 3.56. The van der Waals surface area contributed by atoms with Crippen LogP contribution in [0.4, 0.5) is 0 Å². The summed E-state index contributed by atoms with van der Waals surface area (Å²) in [5.41, 5.74) is 6.13. The molecule has 0 unspecified atom stereocenters. The maximum Gasteiger partial charge on any atom is 0.307 e. The van der Waals surface area contributed by atoms with E-state index in [4.69, 9.17) is 9.15 Å². The maximum atomic E-state index is 12.4. The number of carbonyl (C=O) groups excluding carboxylic acids is 1. The molecule has 0 saturated heterocycles. The van der Waals surface area contributed by atoms with Crippen molar-refractivity contribution in [2.24, 2.45) is 5.10 Å². The van der Waals surface area contributed by atoms with Gasteiger partial charge in [-0.2, -0.15) is 5.10 Å². The number of hydrazone groups is 1. The van der Waals surface area contributed by atoms with Gasteiger partial charge in [0.1, 0.15) is 11.3 Å². The van der Waals surface area contributed by atoms with E-state index < -0.39 is 5.91 Å². The third-order valence-electron chi connectivity index (χ3n) is 4.52. The number of fused-ring (bicyclic) bond motifs is 1. The van der Waals surface area contributed by atoms with Crippen LogP contribution in [0.5, 0.6) is 5.75 Å². The highest BCUT2D eigenvalue weighted by Gasteiger charge is 2.14. The van der Waals surface area contributed by atoms with Crippen molar-refractivity contribution in [1.29, 1.82) is 0 Å². The lowest BCUT2D eigenvalue weighted by Gasteiger charge is -2.06. The number of rotatable bonds is 5. The summed E-state index contributed by atoms with van der Waals surface area (Å²) in [5.74, 6) is 0.617. The summed E-state index contributed by atoms with van der Waals surface area (Å²) < 4.78 is 14.8. The zero-order valence-corrected chi connectivity index (χ0v) is 19.9. The van der Waals surface area contributed by atoms with E-state index in [-0.39, 0.29) is 5.76 Å². The van der Waals surface area contributed by atoms with Crippen molar-refractivity contribution >= 4 is 61.6 Å². The predicted molar refractivity (Wildman–Crippen MR) is 129 cm³/mol. The van der Waals surface area contributed by atoms with Gasteiger partial charge in [-0.15, -0.1) is 0 Å². The summed E-state index contributed by atoms with van der Waals surface area (Å²) in [6, 6.07) is 15.3. The lowest BCUT2D eigenvalue weighted by molar-refractivity contribution is 0.0929. The largest absolute Gasteiger partial charge is 0.497 e. The van der Waals surface area contributed by atoms with Crippen molar-refractivity contribution in [2.75, 3.05) is 7.11 Å². The van der Waals surface area contributed by atoms with Gasteiger partial charge in [0.05, 0.1) is 16.9 Å². The number of hydrogen-bond acceptors (Lipinski definition) is 4. The number of methoxy groups -OCH3 is 1. The molecule has 2 aromatic carbocycles. The van der Waals surface area contributed by atoms with Crippen molar-refractivity contribution in [3.8, 4) is 11.4 Å². The van der Waals surface area contributed by atoms with Gasteiger partial charge in [-0.1, -0.05) is 15.9 Å². The highest BCUT2D eigenvalue weighted by atomic mass is 127. The molecule has 0 bridgehead atoms. The molecule has 0 aliphatic carbocycles. The molecule has 4 rings (SSSR count). The SMILES string of the molecule is COc1ccc(-n2cc(/C=N\NC(=O)c3cc4cc(Br)cc(I)c4o3)cc2C)cc1. The summed E-state index contributed by atoms with van der Waals surface area (Å²) >= 11 is 5.63. The second kappa shape index (κ2) is 8.65. The molecule has 2 heterocycles. The third kappa shape index (κ3) is 4.29. The van der Waals surface area contributed by atoms with Crippen molar-refractivity contribution in [3.63, 3.8) is 0 Å². The van der Waals surface area contributed by atoms with Crippen LogP contribution in [-0.4, -0.2) is 23.8 Å². The second-order valence-electron chi connectivity index (χ2n) is 6.60. The lowest BCUT2D eigenvalue weighted by atomic mass is 10.2. The molecule has 4 aromatic rings. The molecular formula is C22H17BrIN3O3. The highest BCUT2D eigenvalue weighted by molar-refractivity contribution is 14.1. The quantitative estimate of drug-likeness (QED) is 0.189. The fourth-order valence-corrected chi connectivity index (χ4v) is 4.76. The zero-order chi connectivity index (χ0) is 21.3. The Morgan fingerprint density at radius 2 is 2.00 bits per heavy atom. The Morgan fingerprint density at radius 3 is 2.73 bits per heavy atom. The van der Waals surface area contributed by atoms with E-state index in [0.29, 0.717) is 5.58 Å². The molecular weight excluding hydrogens is 561 g/mol. The number of benzene rings is 2. The van der Waals surface area contributed by atoms with E-state index in [0.717, 1.165) is 36.1 Å². The van der Waals surface area contributed by atoms with Gasteiger partial charge in [0, 0.05) is 33.0 Å². The molecule has 152 valence electrons. The van der Waals surface area contributed by atoms with Crippen LogP contribution < -0.4 is 10.2 Å². The van der Waals surface area contributed by atoms with Gasteiger partial charge in [0.25, 0.3) is 0 Å². The minimum absolute atomic E-state index is 0.213. The molecule has 1 N–H and O–H groups in total. The third-order valence-corrected chi connectivity index (χ3v) is 5.78. The minimum atomic E-state index is -0.402. The molecule has 8 heteroatoms. The molecule has 6 nitrogen and oxygen atoms in total. The van der Waals surface area contributed by atoms with Crippen LogP contribution in [0.1, 0.15) is 21.8 Å². The molecule has 0 radical (unpaired) electrons. The lowest BCUT2D eigenvalue weighted by Crippen LogP contribution is -2.16. The molecule has 0 fully saturated rings. The normalized spacial score (nSPS) is 11.3. The molecule has 2 aromatic heterocycles. The number of amides is 1. The first-order valence-electron chi connectivity index (χ1n) is 9.00. The first kappa shape index (κ1) is 20.7.